The van der Waals surface area contributed by atoms with E-state index in [1.807, 2.05) is 29.1 Å². The molecule has 0 saturated carbocycles. The Bertz CT molecular complexity index is 189. The number of aromatic nitrogens is 2. The minimum absolute atomic E-state index is 1.35. The lowest BCUT2D eigenvalue weighted by Crippen LogP contribution is -1.88. The molecular weight excluding hydrogens is 178 g/mol. The number of hydrogen-bond donors (Lipinski definition) is 1. The Balaban J connectivity index is 0.000000112. The van der Waals surface area contributed by atoms with E-state index < -0.39 is 0 Å². The van der Waals surface area contributed by atoms with Crippen molar-refractivity contribution in [2.45, 2.75) is 0 Å². The Morgan fingerprint density at radius 2 is 2.27 bits per heavy atom. The Morgan fingerprint density at radius 3 is 2.45 bits per heavy atom. The number of nitrogens with zero attached hydrogens (tertiary/aromatic N) is 2. The van der Waals surface area contributed by atoms with Gasteiger partial charge >= 0.3 is 0 Å². The summed E-state index contributed by atoms with van der Waals surface area (Å²) in [6, 6.07) is 0. The van der Waals surface area contributed by atoms with Crippen LogP contribution in [-0.2, 0) is 0 Å². The van der Waals surface area contributed by atoms with Crippen molar-refractivity contribution in [3.8, 4) is 0 Å². The summed E-state index contributed by atoms with van der Waals surface area (Å²) in [5, 5.41) is 7.30. The molecule has 0 bridgehead atoms. The molecule has 1 aliphatic rings. The van der Waals surface area contributed by atoms with Crippen LogP contribution in [0.2, 0.25) is 0 Å². The van der Waals surface area contributed by atoms with E-state index in [1.165, 1.54) is 11.5 Å². The molecule has 0 fully saturated rings. The Morgan fingerprint density at radius 1 is 1.27 bits per heavy atom. The van der Waals surface area contributed by atoms with Crippen LogP contribution in [0, 0.1) is 0 Å². The van der Waals surface area contributed by atoms with Crippen LogP contribution in [0.15, 0.2) is 35.3 Å². The summed E-state index contributed by atoms with van der Waals surface area (Å²) in [7, 11) is 0. The third-order valence-electron chi connectivity index (χ3n) is 0.773. The highest BCUT2D eigenvalue weighted by molar-refractivity contribution is 8.00. The minimum atomic E-state index is 1.35. The summed E-state index contributed by atoms with van der Waals surface area (Å²) < 4.78 is 6.45. The maximum Gasteiger partial charge on any atom is 0.0620 e. The normalized spacial score (nSPS) is 13.1. The van der Waals surface area contributed by atoms with Gasteiger partial charge in [-0.2, -0.15) is 0 Å². The summed E-state index contributed by atoms with van der Waals surface area (Å²) >= 11 is 2.93. The van der Waals surface area contributed by atoms with Gasteiger partial charge in [-0.25, -0.2) is 0 Å². The standard InChI is InChI=1S/C4H5NS.C2H2N2S/c1-2-4-6-5-3-1;1-2-5-4-3-1/h1-5H;1-2H. The number of nitrogens with one attached hydrogen (secondary N) is 1. The number of rotatable bonds is 0. The van der Waals surface area contributed by atoms with E-state index in [0.717, 1.165) is 0 Å². The SMILES string of the molecule is C1=CNSC=C1.c1csnn1. The van der Waals surface area contributed by atoms with Crippen LogP contribution in [0.25, 0.3) is 0 Å². The molecule has 1 aromatic heterocycles. The van der Waals surface area contributed by atoms with Crippen LogP contribution in [-0.4, -0.2) is 9.59 Å². The van der Waals surface area contributed by atoms with Gasteiger partial charge in [-0.15, -0.1) is 5.10 Å². The van der Waals surface area contributed by atoms with Gasteiger partial charge in [0.25, 0.3) is 0 Å². The van der Waals surface area contributed by atoms with Crippen LogP contribution in [0.5, 0.6) is 0 Å². The zero-order valence-electron chi connectivity index (χ0n) is 5.68. The molecule has 3 nitrogen and oxygen atoms in total. The second-order valence-electron chi connectivity index (χ2n) is 1.51. The van der Waals surface area contributed by atoms with Crippen molar-refractivity contribution < 1.29 is 0 Å². The minimum Gasteiger partial charge on any atom is -0.333 e. The molecule has 0 spiro atoms. The van der Waals surface area contributed by atoms with Crippen LogP contribution >= 0.6 is 23.5 Å². The molecule has 1 aromatic rings. The molecule has 0 saturated heterocycles. The molecule has 0 amide bonds. The summed E-state index contributed by atoms with van der Waals surface area (Å²) in [4.78, 5) is 0. The predicted molar refractivity (Wildman–Crippen MR) is 48.9 cm³/mol. The molecule has 5 heteroatoms. The molecule has 0 atom stereocenters. The highest BCUT2D eigenvalue weighted by Crippen LogP contribution is 1.98. The van der Waals surface area contributed by atoms with E-state index in [2.05, 4.69) is 14.3 Å². The van der Waals surface area contributed by atoms with E-state index in [-0.39, 0.29) is 0 Å². The van der Waals surface area contributed by atoms with Gasteiger partial charge in [-0.3, -0.25) is 0 Å². The molecule has 11 heavy (non-hydrogen) atoms. The third-order valence-corrected chi connectivity index (χ3v) is 1.77. The fourth-order valence-corrected chi connectivity index (χ4v) is 1.07. The van der Waals surface area contributed by atoms with Crippen LogP contribution < -0.4 is 4.72 Å². The molecule has 0 radical (unpaired) electrons. The molecular formula is C6H7N3S2. The van der Waals surface area contributed by atoms with Crippen LogP contribution in [0.3, 0.4) is 0 Å². The number of hydrogen-bond acceptors (Lipinski definition) is 5. The molecule has 58 valence electrons. The van der Waals surface area contributed by atoms with Crippen molar-refractivity contribution in [2.24, 2.45) is 0 Å². The lowest BCUT2D eigenvalue weighted by molar-refractivity contribution is 1.16. The summed E-state index contributed by atoms with van der Waals surface area (Å²) in [6.07, 6.45) is 7.49. The zero-order valence-corrected chi connectivity index (χ0v) is 7.31. The first kappa shape index (κ1) is 8.29. The van der Waals surface area contributed by atoms with Gasteiger partial charge in [-0.1, -0.05) is 10.6 Å². The highest BCUT2D eigenvalue weighted by Gasteiger charge is 1.74. The summed E-state index contributed by atoms with van der Waals surface area (Å²) in [6.45, 7) is 0. The van der Waals surface area contributed by atoms with Crippen LogP contribution in [0.1, 0.15) is 0 Å². The predicted octanol–water partition coefficient (Wildman–Crippen LogP) is 1.80. The Kier molecular flexibility index (Phi) is 4.47. The van der Waals surface area contributed by atoms with E-state index in [4.69, 9.17) is 0 Å². The first-order valence-corrected chi connectivity index (χ1v) is 4.65. The van der Waals surface area contributed by atoms with Gasteiger partial charge in [0.05, 0.1) is 6.20 Å². The van der Waals surface area contributed by atoms with E-state index in [1.54, 1.807) is 18.1 Å². The molecule has 0 aromatic carbocycles. The van der Waals surface area contributed by atoms with Gasteiger partial charge in [0.2, 0.25) is 0 Å². The fraction of sp³-hybridized carbons (Fsp3) is 0. The fourth-order valence-electron chi connectivity index (χ4n) is 0.394. The van der Waals surface area contributed by atoms with E-state index >= 15 is 0 Å². The zero-order chi connectivity index (χ0) is 7.78. The smallest absolute Gasteiger partial charge is 0.0620 e. The molecule has 1 aliphatic heterocycles. The second-order valence-corrected chi connectivity index (χ2v) is 2.90. The van der Waals surface area contributed by atoms with Crippen molar-refractivity contribution in [1.82, 2.24) is 14.3 Å². The number of allylic oxidation sites excluding steroid dienone is 2. The van der Waals surface area contributed by atoms with Crippen molar-refractivity contribution in [3.63, 3.8) is 0 Å². The lowest BCUT2D eigenvalue weighted by Gasteiger charge is -1.93. The molecule has 0 unspecified atom stereocenters. The quantitative estimate of drug-likeness (QED) is 0.625. The highest BCUT2D eigenvalue weighted by atomic mass is 32.2. The Labute approximate surface area is 73.5 Å². The van der Waals surface area contributed by atoms with E-state index in [9.17, 15) is 0 Å². The molecule has 2 rings (SSSR count). The molecule has 2 heterocycles. The third kappa shape index (κ3) is 4.58. The van der Waals surface area contributed by atoms with Gasteiger partial charge in [0.1, 0.15) is 0 Å². The van der Waals surface area contributed by atoms with Crippen molar-refractivity contribution in [1.29, 1.82) is 0 Å². The van der Waals surface area contributed by atoms with Gasteiger partial charge < -0.3 is 4.72 Å². The lowest BCUT2D eigenvalue weighted by atomic mass is 10.6. The molecule has 0 aliphatic carbocycles. The first-order valence-electron chi connectivity index (χ1n) is 2.94. The van der Waals surface area contributed by atoms with E-state index in [0.29, 0.717) is 0 Å². The second kappa shape index (κ2) is 5.94. The van der Waals surface area contributed by atoms with Gasteiger partial charge in [-0.05, 0) is 35.0 Å². The average Bonchev–Trinajstić information content (AvgIpc) is 2.64. The van der Waals surface area contributed by atoms with Crippen molar-refractivity contribution in [2.75, 3.05) is 0 Å². The maximum atomic E-state index is 3.51. The van der Waals surface area contributed by atoms with Crippen molar-refractivity contribution >= 4 is 23.5 Å². The van der Waals surface area contributed by atoms with Crippen LogP contribution in [0.4, 0.5) is 0 Å². The first-order chi connectivity index (χ1) is 5.50. The van der Waals surface area contributed by atoms with Crippen molar-refractivity contribution in [3.05, 3.63) is 35.3 Å². The average molecular weight is 185 g/mol. The topological polar surface area (TPSA) is 37.8 Å². The monoisotopic (exact) mass is 185 g/mol. The summed E-state index contributed by atoms with van der Waals surface area (Å²) in [5.74, 6) is 0. The maximum absolute atomic E-state index is 3.51. The Hall–Kier alpha value is -0.810. The molecule has 1 N–H and O–H groups in total. The van der Waals surface area contributed by atoms with Gasteiger partial charge in [0, 0.05) is 11.6 Å². The largest absolute Gasteiger partial charge is 0.333 e. The summed E-state index contributed by atoms with van der Waals surface area (Å²) in [5.41, 5.74) is 0. The van der Waals surface area contributed by atoms with Gasteiger partial charge in [0.15, 0.2) is 0 Å².